The topological polar surface area (TPSA) is 64.4 Å². The lowest BCUT2D eigenvalue weighted by Gasteiger charge is -2.22. The Kier molecular flexibility index (Phi) is 6.91. The molecule has 1 rings (SSSR count). The van der Waals surface area contributed by atoms with Gasteiger partial charge in [-0.05, 0) is 19.3 Å². The molecule has 21 heavy (non-hydrogen) atoms. The molecule has 0 saturated heterocycles. The highest BCUT2D eigenvalue weighted by atomic mass is 16.5. The number of ether oxygens (including phenoxy) is 1. The summed E-state index contributed by atoms with van der Waals surface area (Å²) in [6.07, 6.45) is 4.10. The highest BCUT2D eigenvalue weighted by Gasteiger charge is 2.17. The molecule has 0 atom stereocenters. The van der Waals surface area contributed by atoms with Gasteiger partial charge in [-0.2, -0.15) is 0 Å². The summed E-state index contributed by atoms with van der Waals surface area (Å²) in [5, 5.41) is 0. The Morgan fingerprint density at radius 2 is 2.14 bits per heavy atom. The highest BCUT2D eigenvalue weighted by Crippen LogP contribution is 2.06. The number of nitrogens with zero attached hydrogens (tertiary/aromatic N) is 3. The Hall–Kier alpha value is -1.85. The third kappa shape index (κ3) is 5.21. The van der Waals surface area contributed by atoms with Gasteiger partial charge in [-0.15, -0.1) is 0 Å². The molecule has 118 valence electrons. The minimum Gasteiger partial charge on any atom is -0.465 e. The maximum Gasteiger partial charge on any atom is 0.325 e. The molecular weight excluding hydrogens is 270 g/mol. The SMILES string of the molecule is CCCN(CC(=O)OCC)c1nccn(CC(C)C)c1=O. The largest absolute Gasteiger partial charge is 0.465 e. The first kappa shape index (κ1) is 17.2. The molecule has 1 heterocycles. The highest BCUT2D eigenvalue weighted by molar-refractivity contribution is 5.75. The van der Waals surface area contributed by atoms with Crippen LogP contribution in [0.15, 0.2) is 17.2 Å². The van der Waals surface area contributed by atoms with Crippen molar-refractivity contribution in [1.82, 2.24) is 9.55 Å². The van der Waals surface area contributed by atoms with E-state index in [1.165, 1.54) is 0 Å². The molecule has 0 amide bonds. The molecule has 0 radical (unpaired) electrons. The van der Waals surface area contributed by atoms with E-state index in [-0.39, 0.29) is 18.1 Å². The van der Waals surface area contributed by atoms with E-state index in [9.17, 15) is 9.59 Å². The van der Waals surface area contributed by atoms with Crippen LogP contribution in [0.3, 0.4) is 0 Å². The van der Waals surface area contributed by atoms with Gasteiger partial charge in [-0.3, -0.25) is 9.59 Å². The molecule has 1 aromatic heterocycles. The van der Waals surface area contributed by atoms with Gasteiger partial charge in [-0.1, -0.05) is 20.8 Å². The average molecular weight is 295 g/mol. The van der Waals surface area contributed by atoms with Crippen molar-refractivity contribution in [2.75, 3.05) is 24.6 Å². The lowest BCUT2D eigenvalue weighted by molar-refractivity contribution is -0.141. The quantitative estimate of drug-likeness (QED) is 0.683. The number of carbonyl (C=O) groups is 1. The molecule has 0 fully saturated rings. The van der Waals surface area contributed by atoms with Gasteiger partial charge in [0.2, 0.25) is 0 Å². The Bertz CT molecular complexity index is 511. The third-order valence-corrected chi connectivity index (χ3v) is 2.88. The van der Waals surface area contributed by atoms with E-state index < -0.39 is 0 Å². The molecule has 0 bridgehead atoms. The predicted octanol–water partition coefficient (Wildman–Crippen LogP) is 1.68. The molecule has 0 aliphatic rings. The van der Waals surface area contributed by atoms with E-state index >= 15 is 0 Å². The van der Waals surface area contributed by atoms with Crippen LogP contribution >= 0.6 is 0 Å². The van der Waals surface area contributed by atoms with E-state index in [1.54, 1.807) is 28.8 Å². The Morgan fingerprint density at radius 1 is 1.43 bits per heavy atom. The lowest BCUT2D eigenvalue weighted by Crippen LogP contribution is -2.38. The van der Waals surface area contributed by atoms with Crippen molar-refractivity contribution in [2.24, 2.45) is 5.92 Å². The summed E-state index contributed by atoms with van der Waals surface area (Å²) in [7, 11) is 0. The van der Waals surface area contributed by atoms with Crippen molar-refractivity contribution in [1.29, 1.82) is 0 Å². The maximum atomic E-state index is 12.5. The minimum absolute atomic E-state index is 0.0512. The average Bonchev–Trinajstić information content (AvgIpc) is 2.40. The van der Waals surface area contributed by atoms with Crippen LogP contribution in [-0.2, 0) is 16.1 Å². The zero-order chi connectivity index (χ0) is 15.8. The van der Waals surface area contributed by atoms with Crippen LogP contribution < -0.4 is 10.5 Å². The molecule has 0 saturated carbocycles. The van der Waals surface area contributed by atoms with Crippen LogP contribution in [0.4, 0.5) is 5.82 Å². The van der Waals surface area contributed by atoms with Gasteiger partial charge in [0.1, 0.15) is 6.54 Å². The van der Waals surface area contributed by atoms with E-state index in [1.807, 2.05) is 6.92 Å². The maximum absolute atomic E-state index is 12.5. The fourth-order valence-corrected chi connectivity index (χ4v) is 2.08. The van der Waals surface area contributed by atoms with Crippen LogP contribution in [0.25, 0.3) is 0 Å². The molecule has 0 spiro atoms. The number of aromatic nitrogens is 2. The summed E-state index contributed by atoms with van der Waals surface area (Å²) >= 11 is 0. The number of anilines is 1. The summed E-state index contributed by atoms with van der Waals surface area (Å²) in [6.45, 7) is 9.46. The number of hydrogen-bond acceptors (Lipinski definition) is 5. The Labute approximate surface area is 125 Å². The number of rotatable bonds is 8. The molecule has 1 aromatic rings. The molecular formula is C15H25N3O3. The second kappa shape index (κ2) is 8.44. The standard InChI is InChI=1S/C15H25N3O3/c1-5-8-17(11-13(19)21-6-2)14-15(20)18(9-7-16-14)10-12(3)4/h7,9,12H,5-6,8,10-11H2,1-4H3. The van der Waals surface area contributed by atoms with Gasteiger partial charge in [0.15, 0.2) is 5.82 Å². The van der Waals surface area contributed by atoms with Crippen molar-refractivity contribution in [3.05, 3.63) is 22.7 Å². The van der Waals surface area contributed by atoms with Crippen LogP contribution in [0.1, 0.15) is 34.1 Å². The van der Waals surface area contributed by atoms with E-state index in [2.05, 4.69) is 18.8 Å². The van der Waals surface area contributed by atoms with Crippen molar-refractivity contribution in [3.63, 3.8) is 0 Å². The van der Waals surface area contributed by atoms with Crippen molar-refractivity contribution in [3.8, 4) is 0 Å². The zero-order valence-corrected chi connectivity index (χ0v) is 13.3. The van der Waals surface area contributed by atoms with Gasteiger partial charge < -0.3 is 14.2 Å². The smallest absolute Gasteiger partial charge is 0.325 e. The van der Waals surface area contributed by atoms with Crippen LogP contribution in [-0.4, -0.2) is 35.2 Å². The summed E-state index contributed by atoms with van der Waals surface area (Å²) in [5.74, 6) is 0.335. The fourth-order valence-electron chi connectivity index (χ4n) is 2.08. The summed E-state index contributed by atoms with van der Waals surface area (Å²) < 4.78 is 6.60. The van der Waals surface area contributed by atoms with Crippen molar-refractivity contribution >= 4 is 11.8 Å². The number of esters is 1. The van der Waals surface area contributed by atoms with Gasteiger partial charge in [0.05, 0.1) is 6.61 Å². The molecule has 0 unspecified atom stereocenters. The lowest BCUT2D eigenvalue weighted by atomic mass is 10.2. The predicted molar refractivity (Wildman–Crippen MR) is 82.5 cm³/mol. The summed E-state index contributed by atoms with van der Waals surface area (Å²) in [4.78, 5) is 30.0. The van der Waals surface area contributed by atoms with Gasteiger partial charge in [-0.25, -0.2) is 4.98 Å². The first-order chi connectivity index (χ1) is 9.99. The Morgan fingerprint density at radius 3 is 2.71 bits per heavy atom. The molecule has 0 N–H and O–H groups in total. The van der Waals surface area contributed by atoms with Gasteiger partial charge in [0, 0.05) is 25.5 Å². The summed E-state index contributed by atoms with van der Waals surface area (Å²) in [5.41, 5.74) is -0.163. The molecule has 6 nitrogen and oxygen atoms in total. The molecule has 0 aliphatic heterocycles. The number of carbonyl (C=O) groups excluding carboxylic acids is 1. The third-order valence-electron chi connectivity index (χ3n) is 2.88. The van der Waals surface area contributed by atoms with Crippen molar-refractivity contribution < 1.29 is 9.53 Å². The second-order valence-corrected chi connectivity index (χ2v) is 5.33. The normalized spacial score (nSPS) is 10.7. The number of hydrogen-bond donors (Lipinski definition) is 0. The minimum atomic E-state index is -0.341. The van der Waals surface area contributed by atoms with Crippen LogP contribution in [0, 0.1) is 5.92 Å². The molecule has 0 aromatic carbocycles. The van der Waals surface area contributed by atoms with Gasteiger partial charge >= 0.3 is 5.97 Å². The molecule has 0 aliphatic carbocycles. The second-order valence-electron chi connectivity index (χ2n) is 5.33. The van der Waals surface area contributed by atoms with E-state index in [0.29, 0.717) is 31.4 Å². The van der Waals surface area contributed by atoms with E-state index in [4.69, 9.17) is 4.74 Å². The summed E-state index contributed by atoms with van der Waals surface area (Å²) in [6, 6.07) is 0. The van der Waals surface area contributed by atoms with Crippen molar-refractivity contribution in [2.45, 2.75) is 40.7 Å². The monoisotopic (exact) mass is 295 g/mol. The molecule has 6 heteroatoms. The van der Waals surface area contributed by atoms with Gasteiger partial charge in [0.25, 0.3) is 5.56 Å². The van der Waals surface area contributed by atoms with Crippen LogP contribution in [0.5, 0.6) is 0 Å². The van der Waals surface area contributed by atoms with Crippen LogP contribution in [0.2, 0.25) is 0 Å². The fraction of sp³-hybridized carbons (Fsp3) is 0.667. The first-order valence-corrected chi connectivity index (χ1v) is 7.45. The van der Waals surface area contributed by atoms with E-state index in [0.717, 1.165) is 6.42 Å². The zero-order valence-electron chi connectivity index (χ0n) is 13.3. The first-order valence-electron chi connectivity index (χ1n) is 7.45. The Balaban J connectivity index is 3.02.